The Hall–Kier alpha value is -1.54. The van der Waals surface area contributed by atoms with E-state index < -0.39 is 53.6 Å². The van der Waals surface area contributed by atoms with Gasteiger partial charge in [0.2, 0.25) is 0 Å². The predicted octanol–water partition coefficient (Wildman–Crippen LogP) is 2.95. The topological polar surface area (TPSA) is 117 Å². The number of hydrogen-bond donors (Lipinski definition) is 4. The van der Waals surface area contributed by atoms with E-state index >= 15 is 0 Å². The molecule has 170 valence electrons. The number of aliphatic hydroxyl groups excluding tert-OH is 2. The standard InChI is InChI=1S/C21H40N2O6/c1-9-12(10-2)15(23-19(27)29-21(6,7)8)13-11-14(17(25)16(13)24)22-18(26)28-20(3,4)5/h12-17,24-25H,9-11H2,1-8H3,(H,22,26)(H,23,27)/t13-,14-,15-,16+,17+/m1/s1. The van der Waals surface area contributed by atoms with Crippen molar-refractivity contribution < 1.29 is 29.3 Å². The Morgan fingerprint density at radius 3 is 1.86 bits per heavy atom. The highest BCUT2D eigenvalue weighted by Crippen LogP contribution is 2.34. The van der Waals surface area contributed by atoms with E-state index in [-0.39, 0.29) is 5.92 Å². The van der Waals surface area contributed by atoms with E-state index in [0.29, 0.717) is 6.42 Å². The van der Waals surface area contributed by atoms with Crippen LogP contribution in [-0.4, -0.2) is 57.9 Å². The quantitative estimate of drug-likeness (QED) is 0.529. The maximum Gasteiger partial charge on any atom is 0.407 e. The van der Waals surface area contributed by atoms with Gasteiger partial charge in [0.15, 0.2) is 0 Å². The van der Waals surface area contributed by atoms with Crippen LogP contribution in [0.15, 0.2) is 0 Å². The minimum Gasteiger partial charge on any atom is -0.444 e. The Morgan fingerprint density at radius 1 is 0.931 bits per heavy atom. The summed E-state index contributed by atoms with van der Waals surface area (Å²) >= 11 is 0. The highest BCUT2D eigenvalue weighted by Gasteiger charge is 2.48. The second kappa shape index (κ2) is 9.98. The number of carbonyl (C=O) groups is 2. The first kappa shape index (κ1) is 25.5. The van der Waals surface area contributed by atoms with E-state index in [1.807, 2.05) is 13.8 Å². The lowest BCUT2D eigenvalue weighted by Crippen LogP contribution is -2.50. The van der Waals surface area contributed by atoms with Gasteiger partial charge in [-0.15, -0.1) is 0 Å². The first-order valence-electron chi connectivity index (χ1n) is 10.5. The highest BCUT2D eigenvalue weighted by molar-refractivity contribution is 5.69. The van der Waals surface area contributed by atoms with Crippen LogP contribution < -0.4 is 10.6 Å². The van der Waals surface area contributed by atoms with E-state index in [2.05, 4.69) is 10.6 Å². The van der Waals surface area contributed by atoms with Gasteiger partial charge in [0.1, 0.15) is 17.3 Å². The van der Waals surface area contributed by atoms with Crippen LogP contribution >= 0.6 is 0 Å². The Morgan fingerprint density at radius 2 is 1.41 bits per heavy atom. The van der Waals surface area contributed by atoms with Gasteiger partial charge in [0.05, 0.1) is 12.1 Å². The summed E-state index contributed by atoms with van der Waals surface area (Å²) < 4.78 is 10.6. The average Bonchev–Trinajstić information content (AvgIpc) is 2.79. The molecule has 0 heterocycles. The molecule has 0 aromatic heterocycles. The van der Waals surface area contributed by atoms with E-state index in [4.69, 9.17) is 9.47 Å². The fraction of sp³-hybridized carbons (Fsp3) is 0.905. The van der Waals surface area contributed by atoms with Gasteiger partial charge in [0.25, 0.3) is 0 Å². The van der Waals surface area contributed by atoms with Crippen LogP contribution in [0.2, 0.25) is 0 Å². The SMILES string of the molecule is CCC(CC)[C@@H](NC(=O)OC(C)(C)C)[C@H]1C[C@@H](NC(=O)OC(C)(C)C)[C@H](O)[C@H]1O. The van der Waals surface area contributed by atoms with Gasteiger partial charge in [-0.1, -0.05) is 26.7 Å². The maximum absolute atomic E-state index is 12.4. The third-order valence-electron chi connectivity index (χ3n) is 5.13. The minimum atomic E-state index is -1.15. The molecule has 1 aliphatic rings. The lowest BCUT2D eigenvalue weighted by molar-refractivity contribution is -0.00672. The number of nitrogens with one attached hydrogen (secondary N) is 2. The molecule has 1 fully saturated rings. The van der Waals surface area contributed by atoms with Gasteiger partial charge in [-0.3, -0.25) is 0 Å². The molecule has 0 bridgehead atoms. The van der Waals surface area contributed by atoms with Crippen LogP contribution in [0.1, 0.15) is 74.7 Å². The van der Waals surface area contributed by atoms with Crippen LogP contribution in [0.25, 0.3) is 0 Å². The molecule has 0 radical (unpaired) electrons. The normalized spacial score (nSPS) is 26.2. The molecule has 2 amide bonds. The first-order chi connectivity index (χ1) is 13.2. The van der Waals surface area contributed by atoms with Crippen molar-refractivity contribution >= 4 is 12.2 Å². The summed E-state index contributed by atoms with van der Waals surface area (Å²) in [6, 6.07) is -1.06. The number of alkyl carbamates (subject to hydrolysis) is 2. The Kier molecular flexibility index (Phi) is 8.77. The Labute approximate surface area is 174 Å². The van der Waals surface area contributed by atoms with Crippen molar-refractivity contribution in [3.8, 4) is 0 Å². The number of carbonyl (C=O) groups excluding carboxylic acids is 2. The summed E-state index contributed by atoms with van der Waals surface area (Å²) in [7, 11) is 0. The first-order valence-corrected chi connectivity index (χ1v) is 10.5. The molecule has 1 rings (SSSR count). The zero-order chi connectivity index (χ0) is 22.6. The van der Waals surface area contributed by atoms with E-state index in [1.165, 1.54) is 0 Å². The minimum absolute atomic E-state index is 0.0923. The summed E-state index contributed by atoms with van der Waals surface area (Å²) in [5.41, 5.74) is -1.31. The van der Waals surface area contributed by atoms with Crippen molar-refractivity contribution in [1.29, 1.82) is 0 Å². The molecule has 0 aromatic rings. The van der Waals surface area contributed by atoms with Gasteiger partial charge >= 0.3 is 12.2 Å². The van der Waals surface area contributed by atoms with Gasteiger partial charge < -0.3 is 30.3 Å². The summed E-state index contributed by atoms with van der Waals surface area (Å²) in [5.74, 6) is -0.336. The average molecular weight is 417 g/mol. The lowest BCUT2D eigenvalue weighted by atomic mass is 9.82. The van der Waals surface area contributed by atoms with Gasteiger partial charge in [-0.05, 0) is 53.9 Å². The number of ether oxygens (including phenoxy) is 2. The van der Waals surface area contributed by atoms with Crippen LogP contribution in [0.4, 0.5) is 9.59 Å². The second-order valence-electron chi connectivity index (χ2n) is 9.88. The fourth-order valence-electron chi connectivity index (χ4n) is 3.84. The van der Waals surface area contributed by atoms with Crippen molar-refractivity contribution in [1.82, 2.24) is 10.6 Å². The third-order valence-corrected chi connectivity index (χ3v) is 5.13. The smallest absolute Gasteiger partial charge is 0.407 e. The van der Waals surface area contributed by atoms with Crippen molar-refractivity contribution in [2.45, 2.75) is 110 Å². The number of amides is 2. The van der Waals surface area contributed by atoms with Gasteiger partial charge in [-0.25, -0.2) is 9.59 Å². The largest absolute Gasteiger partial charge is 0.444 e. The van der Waals surface area contributed by atoms with Crippen molar-refractivity contribution in [3.63, 3.8) is 0 Å². The van der Waals surface area contributed by atoms with Crippen molar-refractivity contribution in [3.05, 3.63) is 0 Å². The predicted molar refractivity (Wildman–Crippen MR) is 111 cm³/mol. The molecule has 8 heteroatoms. The lowest BCUT2D eigenvalue weighted by Gasteiger charge is -2.34. The maximum atomic E-state index is 12.4. The molecule has 0 aliphatic heterocycles. The summed E-state index contributed by atoms with van der Waals surface area (Å²) in [6.45, 7) is 14.7. The monoisotopic (exact) mass is 416 g/mol. The molecule has 5 atom stereocenters. The van der Waals surface area contributed by atoms with Crippen LogP contribution in [0.3, 0.4) is 0 Å². The van der Waals surface area contributed by atoms with E-state index in [9.17, 15) is 19.8 Å². The molecule has 0 spiro atoms. The highest BCUT2D eigenvalue weighted by atomic mass is 16.6. The van der Waals surface area contributed by atoms with Gasteiger partial charge in [0, 0.05) is 12.0 Å². The third kappa shape index (κ3) is 8.01. The molecule has 0 unspecified atom stereocenters. The molecule has 0 aromatic carbocycles. The van der Waals surface area contributed by atoms with E-state index in [0.717, 1.165) is 12.8 Å². The molecule has 4 N–H and O–H groups in total. The molecule has 8 nitrogen and oxygen atoms in total. The van der Waals surface area contributed by atoms with Crippen molar-refractivity contribution in [2.24, 2.45) is 11.8 Å². The summed E-state index contributed by atoms with van der Waals surface area (Å²) in [6.07, 6.45) is -1.53. The molecule has 1 saturated carbocycles. The molecule has 29 heavy (non-hydrogen) atoms. The molecule has 1 aliphatic carbocycles. The summed E-state index contributed by atoms with van der Waals surface area (Å²) in [5, 5.41) is 26.8. The zero-order valence-electron chi connectivity index (χ0n) is 19.1. The molecule has 0 saturated heterocycles. The zero-order valence-corrected chi connectivity index (χ0v) is 19.1. The number of rotatable bonds is 6. The van der Waals surface area contributed by atoms with Crippen LogP contribution in [0, 0.1) is 11.8 Å². The number of hydrogen-bond acceptors (Lipinski definition) is 6. The van der Waals surface area contributed by atoms with E-state index in [1.54, 1.807) is 41.5 Å². The molecular formula is C21H40N2O6. The second-order valence-corrected chi connectivity index (χ2v) is 9.88. The Bertz CT molecular complexity index is 550. The van der Waals surface area contributed by atoms with Crippen LogP contribution in [-0.2, 0) is 9.47 Å². The van der Waals surface area contributed by atoms with Crippen LogP contribution in [0.5, 0.6) is 0 Å². The van der Waals surface area contributed by atoms with Crippen molar-refractivity contribution in [2.75, 3.05) is 0 Å². The fourth-order valence-corrected chi connectivity index (χ4v) is 3.84. The Balaban J connectivity index is 2.95. The number of aliphatic hydroxyl groups is 2. The molecular weight excluding hydrogens is 376 g/mol. The summed E-state index contributed by atoms with van der Waals surface area (Å²) in [4.78, 5) is 24.5. The van der Waals surface area contributed by atoms with Gasteiger partial charge in [-0.2, -0.15) is 0 Å².